The molecule has 0 fully saturated rings. The molecule has 0 aliphatic rings. The summed E-state index contributed by atoms with van der Waals surface area (Å²) in [4.78, 5) is 46.2. The number of hydrogen-bond acceptors (Lipinski definition) is 8. The van der Waals surface area contributed by atoms with Crippen molar-refractivity contribution in [3.63, 3.8) is 0 Å². The van der Waals surface area contributed by atoms with Crippen molar-refractivity contribution in [1.29, 1.82) is 0 Å². The lowest BCUT2D eigenvalue weighted by Gasteiger charge is -2.18. The smallest absolute Gasteiger partial charge is 0.472 e. The van der Waals surface area contributed by atoms with Crippen LogP contribution in [0.2, 0.25) is 0 Å². The molecule has 0 radical (unpaired) electrons. The van der Waals surface area contributed by atoms with Crippen molar-refractivity contribution in [2.24, 2.45) is 0 Å². The maximum Gasteiger partial charge on any atom is 0.472 e. The number of esters is 1. The summed E-state index contributed by atoms with van der Waals surface area (Å²) in [6.45, 7) is 2.52. The SMILES string of the molecule is CC/C=C\C/C=C\C/C=C\C/C=C\C/C=C\CCCCCCCCCC(=O)NC(COP(=O)(O)OCC(O)COC(=O)CCCCCCCCCCCCCCCCCCCCCCCC)C(=O)O. The number of hydrogen-bond donors (Lipinski definition) is 4. The number of aliphatic hydroxyl groups excluding tert-OH is 1. The van der Waals surface area contributed by atoms with Crippen molar-refractivity contribution in [3.8, 4) is 0 Å². The van der Waals surface area contributed by atoms with Gasteiger partial charge in [0, 0.05) is 12.8 Å². The van der Waals surface area contributed by atoms with Crippen molar-refractivity contribution in [2.75, 3.05) is 19.8 Å². The lowest BCUT2D eigenvalue weighted by atomic mass is 10.0. The topological polar surface area (TPSA) is 169 Å². The molecule has 0 aromatic heterocycles. The fourth-order valence-corrected chi connectivity index (χ4v) is 8.59. The second kappa shape index (κ2) is 51.5. The zero-order valence-electron chi connectivity index (χ0n) is 43.9. The summed E-state index contributed by atoms with van der Waals surface area (Å²) in [6, 6.07) is -1.56. The summed E-state index contributed by atoms with van der Waals surface area (Å²) in [5.74, 6) is -2.38. The molecule has 3 atom stereocenters. The first-order valence-corrected chi connectivity index (χ1v) is 29.3. The number of phosphoric acid groups is 1. The Labute approximate surface area is 421 Å². The van der Waals surface area contributed by atoms with Crippen LogP contribution in [0.4, 0.5) is 0 Å². The summed E-state index contributed by atoms with van der Waals surface area (Å²) in [5, 5.41) is 22.0. The molecule has 12 heteroatoms. The monoisotopic (exact) mass is 992 g/mol. The number of carbonyl (C=O) groups excluding carboxylic acids is 2. The quantitative estimate of drug-likeness (QED) is 0.0199. The van der Waals surface area contributed by atoms with Gasteiger partial charge in [-0.15, -0.1) is 0 Å². The predicted molar refractivity (Wildman–Crippen MR) is 286 cm³/mol. The highest BCUT2D eigenvalue weighted by Gasteiger charge is 2.28. The molecule has 1 amide bonds. The summed E-state index contributed by atoms with van der Waals surface area (Å²) < 4.78 is 27.0. The molecule has 3 unspecified atom stereocenters. The number of nitrogens with one attached hydrogen (secondary N) is 1. The second-order valence-corrected chi connectivity index (χ2v) is 20.2. The fraction of sp³-hybridized carbons (Fsp3) is 0.772. The second-order valence-electron chi connectivity index (χ2n) is 18.8. The molecule has 69 heavy (non-hydrogen) atoms. The Morgan fingerprint density at radius 1 is 0.478 bits per heavy atom. The zero-order chi connectivity index (χ0) is 50.6. The van der Waals surface area contributed by atoms with Crippen LogP contribution >= 0.6 is 7.82 Å². The number of carboxylic acid groups (broad SMARTS) is 1. The largest absolute Gasteiger partial charge is 0.480 e. The molecule has 0 heterocycles. The van der Waals surface area contributed by atoms with Gasteiger partial charge in [0.15, 0.2) is 6.04 Å². The van der Waals surface area contributed by atoms with Crippen molar-refractivity contribution in [3.05, 3.63) is 60.8 Å². The molecule has 11 nitrogen and oxygen atoms in total. The Morgan fingerprint density at radius 2 is 0.841 bits per heavy atom. The number of amides is 1. The number of allylic oxidation sites excluding steroid dienone is 10. The van der Waals surface area contributed by atoms with E-state index in [1.54, 1.807) is 0 Å². The average molecular weight is 992 g/mol. The van der Waals surface area contributed by atoms with E-state index in [1.165, 1.54) is 116 Å². The minimum absolute atomic E-state index is 0.131. The van der Waals surface area contributed by atoms with Crippen LogP contribution in [0.5, 0.6) is 0 Å². The Hall–Kier alpha value is -2.82. The predicted octanol–water partition coefficient (Wildman–Crippen LogP) is 15.8. The molecule has 0 bridgehead atoms. The molecule has 0 saturated heterocycles. The summed E-state index contributed by atoms with van der Waals surface area (Å²) >= 11 is 0. The van der Waals surface area contributed by atoms with Gasteiger partial charge >= 0.3 is 19.8 Å². The molecule has 4 N–H and O–H groups in total. The van der Waals surface area contributed by atoms with Gasteiger partial charge in [-0.2, -0.15) is 0 Å². The average Bonchev–Trinajstić information content (AvgIpc) is 3.33. The maximum atomic E-state index is 12.4. The number of carboxylic acids is 1. The van der Waals surface area contributed by atoms with Crippen LogP contribution in [0.15, 0.2) is 60.8 Å². The van der Waals surface area contributed by atoms with E-state index in [-0.39, 0.29) is 12.8 Å². The molecule has 400 valence electrons. The van der Waals surface area contributed by atoms with E-state index in [4.69, 9.17) is 13.8 Å². The van der Waals surface area contributed by atoms with Gasteiger partial charge in [-0.1, -0.05) is 242 Å². The molecule has 0 aliphatic heterocycles. The molecule has 0 aliphatic carbocycles. The van der Waals surface area contributed by atoms with Crippen molar-refractivity contribution in [2.45, 2.75) is 264 Å². The van der Waals surface area contributed by atoms with E-state index in [9.17, 15) is 34.1 Å². The number of unbranched alkanes of at least 4 members (excludes halogenated alkanes) is 28. The number of carbonyl (C=O) groups is 3. The van der Waals surface area contributed by atoms with Crippen LogP contribution in [0.3, 0.4) is 0 Å². The van der Waals surface area contributed by atoms with Crippen LogP contribution in [0.25, 0.3) is 0 Å². The highest BCUT2D eigenvalue weighted by molar-refractivity contribution is 7.47. The lowest BCUT2D eigenvalue weighted by molar-refractivity contribution is -0.147. The molecule has 0 aromatic rings. The van der Waals surface area contributed by atoms with Crippen LogP contribution in [0.1, 0.15) is 251 Å². The van der Waals surface area contributed by atoms with Gasteiger partial charge in [-0.25, -0.2) is 9.36 Å². The molecule has 0 aromatic carbocycles. The first-order chi connectivity index (χ1) is 33.6. The van der Waals surface area contributed by atoms with Crippen LogP contribution in [-0.2, 0) is 32.7 Å². The van der Waals surface area contributed by atoms with Crippen molar-refractivity contribution in [1.82, 2.24) is 5.32 Å². The Morgan fingerprint density at radius 3 is 1.26 bits per heavy atom. The van der Waals surface area contributed by atoms with Crippen LogP contribution in [0, 0.1) is 0 Å². The Balaban J connectivity index is 3.81. The highest BCUT2D eigenvalue weighted by Crippen LogP contribution is 2.43. The number of aliphatic hydroxyl groups is 1. The Bertz CT molecular complexity index is 1400. The summed E-state index contributed by atoms with van der Waals surface area (Å²) in [7, 11) is -4.77. The minimum atomic E-state index is -4.77. The van der Waals surface area contributed by atoms with Gasteiger partial charge in [-0.3, -0.25) is 18.6 Å². The van der Waals surface area contributed by atoms with Gasteiger partial charge in [0.25, 0.3) is 0 Å². The maximum absolute atomic E-state index is 12.4. The first-order valence-electron chi connectivity index (χ1n) is 27.8. The van der Waals surface area contributed by atoms with Gasteiger partial charge in [0.2, 0.25) is 5.91 Å². The molecular formula is C57H102NO10P. The van der Waals surface area contributed by atoms with Crippen LogP contribution in [-0.4, -0.2) is 64.9 Å². The number of ether oxygens (including phenoxy) is 1. The van der Waals surface area contributed by atoms with Gasteiger partial charge in [0.1, 0.15) is 12.7 Å². The fourth-order valence-electron chi connectivity index (χ4n) is 7.82. The number of rotatable bonds is 52. The number of phosphoric ester groups is 1. The standard InChI is InChI=1S/C57H102NO10P/c1-3-5-7-9-11-13-15-17-19-21-23-25-27-28-30-32-34-36-38-40-42-44-46-48-55(60)58-54(57(62)63)52-68-69(64,65)67-51-53(59)50-66-56(61)49-47-45-43-41-39-37-35-33-31-29-26-24-22-20-18-16-14-12-10-8-6-4-2/h5,7,11,13,17,19,23,25,28,30,53-54,59H,3-4,6,8-10,12,14-16,18,20-22,24,26-27,29,31-52H2,1-2H3,(H,58,60)(H,62,63)(H,64,65)/b7-5-,13-11-,19-17-,25-23-,30-28-. The number of aliphatic carboxylic acids is 1. The van der Waals surface area contributed by atoms with Crippen LogP contribution < -0.4 is 5.32 Å². The first kappa shape index (κ1) is 66.2. The summed E-state index contributed by atoms with van der Waals surface area (Å²) in [6.07, 6.45) is 62.4. The van der Waals surface area contributed by atoms with Gasteiger partial charge in [0.05, 0.1) is 13.2 Å². The zero-order valence-corrected chi connectivity index (χ0v) is 44.8. The molecule has 0 spiro atoms. The van der Waals surface area contributed by atoms with Crippen molar-refractivity contribution >= 4 is 25.7 Å². The third-order valence-electron chi connectivity index (χ3n) is 12.1. The van der Waals surface area contributed by atoms with E-state index in [0.717, 1.165) is 96.3 Å². The van der Waals surface area contributed by atoms with E-state index in [1.807, 2.05) is 0 Å². The van der Waals surface area contributed by atoms with E-state index in [0.29, 0.717) is 12.8 Å². The van der Waals surface area contributed by atoms with Gasteiger partial charge in [-0.05, 0) is 57.8 Å². The molecule has 0 rings (SSSR count). The van der Waals surface area contributed by atoms with E-state index in [2.05, 4.69) is 79.9 Å². The molecular weight excluding hydrogens is 890 g/mol. The Kier molecular flexibility index (Phi) is 49.4. The van der Waals surface area contributed by atoms with Crippen molar-refractivity contribution < 1.29 is 47.8 Å². The van der Waals surface area contributed by atoms with Gasteiger partial charge < -0.3 is 25.2 Å². The molecule has 0 saturated carbocycles. The third-order valence-corrected chi connectivity index (χ3v) is 13.0. The summed E-state index contributed by atoms with van der Waals surface area (Å²) in [5.41, 5.74) is 0. The van der Waals surface area contributed by atoms with E-state index < -0.39 is 57.6 Å². The normalized spacial score (nSPS) is 13.9. The lowest BCUT2D eigenvalue weighted by Crippen LogP contribution is -2.43. The van der Waals surface area contributed by atoms with E-state index >= 15 is 0 Å². The highest BCUT2D eigenvalue weighted by atomic mass is 31.2. The third kappa shape index (κ3) is 51.4. The minimum Gasteiger partial charge on any atom is -0.480 e.